The van der Waals surface area contributed by atoms with Crippen molar-refractivity contribution >= 4 is 29.1 Å². The minimum Gasteiger partial charge on any atom is -0.433 e. The molecule has 2 aromatic rings. The van der Waals surface area contributed by atoms with Crippen molar-refractivity contribution < 1.29 is 18.3 Å². The number of amides is 2. The quantitative estimate of drug-likeness (QED) is 0.867. The van der Waals surface area contributed by atoms with Crippen LogP contribution in [0, 0.1) is 0 Å². The van der Waals surface area contributed by atoms with Gasteiger partial charge in [-0.25, -0.2) is 14.8 Å². The highest BCUT2D eigenvalue weighted by atomic mass is 35.5. The summed E-state index contributed by atoms with van der Waals surface area (Å²) in [4.78, 5) is 22.0. The van der Waals surface area contributed by atoms with Gasteiger partial charge in [0, 0.05) is 23.6 Å². The maximum absolute atomic E-state index is 12.5. The minimum atomic E-state index is -3.02. The summed E-state index contributed by atoms with van der Waals surface area (Å²) in [6, 6.07) is 3.51. The van der Waals surface area contributed by atoms with Crippen molar-refractivity contribution in [3.05, 3.63) is 40.8 Å². The van der Waals surface area contributed by atoms with E-state index in [4.69, 9.17) is 17.3 Å². The fourth-order valence-electron chi connectivity index (χ4n) is 2.53. The number of ether oxygens (including phenoxy) is 1. The molecule has 1 aromatic heterocycles. The van der Waals surface area contributed by atoms with Crippen molar-refractivity contribution in [2.24, 2.45) is 0 Å². The summed E-state index contributed by atoms with van der Waals surface area (Å²) in [5.74, 6) is 0.139. The molecule has 1 aromatic carbocycles. The predicted octanol–water partition coefficient (Wildman–Crippen LogP) is 2.90. The molecule has 0 aliphatic carbocycles. The molecule has 25 heavy (non-hydrogen) atoms. The number of nitrogens with two attached hydrogens (primary N) is 1. The Labute approximate surface area is 146 Å². The summed E-state index contributed by atoms with van der Waals surface area (Å²) in [5, 5.41) is 2.82. The van der Waals surface area contributed by atoms with Crippen LogP contribution in [0.2, 0.25) is 5.02 Å². The summed E-state index contributed by atoms with van der Waals surface area (Å²) in [7, 11) is 0. The predicted molar refractivity (Wildman–Crippen MR) is 87.7 cm³/mol. The van der Waals surface area contributed by atoms with Gasteiger partial charge in [0.1, 0.15) is 17.9 Å². The van der Waals surface area contributed by atoms with Gasteiger partial charge < -0.3 is 20.7 Å². The highest BCUT2D eigenvalue weighted by Crippen LogP contribution is 2.30. The molecule has 3 rings (SSSR count). The number of aromatic nitrogens is 2. The minimum absolute atomic E-state index is 0.0564. The van der Waals surface area contributed by atoms with Crippen molar-refractivity contribution in [2.45, 2.75) is 19.6 Å². The first kappa shape index (κ1) is 17.2. The van der Waals surface area contributed by atoms with E-state index in [1.807, 2.05) is 0 Å². The van der Waals surface area contributed by atoms with Crippen LogP contribution >= 0.6 is 11.6 Å². The number of nitrogen functional groups attached to an aromatic ring is 1. The summed E-state index contributed by atoms with van der Waals surface area (Å²) in [6.07, 6.45) is 1.90. The molecule has 7 nitrogen and oxygen atoms in total. The van der Waals surface area contributed by atoms with Crippen LogP contribution in [0.25, 0.3) is 0 Å². The van der Waals surface area contributed by atoms with Gasteiger partial charge in [-0.2, -0.15) is 8.78 Å². The Hall–Kier alpha value is -2.68. The van der Waals surface area contributed by atoms with Crippen LogP contribution in [0.1, 0.15) is 11.3 Å². The smallest absolute Gasteiger partial charge is 0.387 e. The molecular formula is C15H14ClF2N5O2. The van der Waals surface area contributed by atoms with E-state index in [1.54, 1.807) is 0 Å². The Balaban J connectivity index is 1.77. The van der Waals surface area contributed by atoms with Gasteiger partial charge in [-0.1, -0.05) is 11.6 Å². The number of halogens is 3. The van der Waals surface area contributed by atoms with E-state index >= 15 is 0 Å². The fraction of sp³-hybridized carbons (Fsp3) is 0.267. The Morgan fingerprint density at radius 1 is 1.40 bits per heavy atom. The Morgan fingerprint density at radius 3 is 2.96 bits per heavy atom. The highest BCUT2D eigenvalue weighted by Gasteiger charge is 2.24. The van der Waals surface area contributed by atoms with Gasteiger partial charge in [0.25, 0.3) is 0 Å². The van der Waals surface area contributed by atoms with E-state index in [2.05, 4.69) is 20.0 Å². The van der Waals surface area contributed by atoms with Crippen LogP contribution in [-0.2, 0) is 13.0 Å². The van der Waals surface area contributed by atoms with Crippen molar-refractivity contribution in [3.63, 3.8) is 0 Å². The van der Waals surface area contributed by atoms with Gasteiger partial charge in [-0.15, -0.1) is 0 Å². The van der Waals surface area contributed by atoms with Crippen LogP contribution in [0.15, 0.2) is 24.5 Å². The van der Waals surface area contributed by atoms with Gasteiger partial charge in [0.2, 0.25) is 0 Å². The van der Waals surface area contributed by atoms with Crippen molar-refractivity contribution in [1.82, 2.24) is 14.9 Å². The number of urea groups is 1. The lowest BCUT2D eigenvalue weighted by molar-refractivity contribution is -0.0493. The summed E-state index contributed by atoms with van der Waals surface area (Å²) < 4.78 is 29.4. The van der Waals surface area contributed by atoms with Gasteiger partial charge in [0.05, 0.1) is 17.9 Å². The molecule has 0 spiro atoms. The third kappa shape index (κ3) is 3.87. The maximum atomic E-state index is 12.5. The standard InChI is InChI=1S/C15H14ClF2N5O2/c16-8-1-2-12(25-14(17)18)11(5-8)22-15(24)23-4-3-10-9(6-23)13(19)21-7-20-10/h1-2,5,7,14H,3-4,6H2,(H,22,24)(H2,19,20,21). The molecular weight excluding hydrogens is 356 g/mol. The monoisotopic (exact) mass is 369 g/mol. The zero-order chi connectivity index (χ0) is 18.0. The summed E-state index contributed by atoms with van der Waals surface area (Å²) in [6.45, 7) is -2.39. The zero-order valence-electron chi connectivity index (χ0n) is 12.9. The number of alkyl halides is 2. The second-order valence-corrected chi connectivity index (χ2v) is 5.74. The van der Waals surface area contributed by atoms with E-state index in [-0.39, 0.29) is 23.0 Å². The van der Waals surface area contributed by atoms with Gasteiger partial charge in [-0.05, 0) is 18.2 Å². The number of rotatable bonds is 3. The first-order chi connectivity index (χ1) is 11.9. The number of carbonyl (C=O) groups excluding carboxylic acids is 1. The first-order valence-electron chi connectivity index (χ1n) is 7.32. The lowest BCUT2D eigenvalue weighted by Gasteiger charge is -2.28. The fourth-order valence-corrected chi connectivity index (χ4v) is 2.70. The molecule has 0 atom stereocenters. The molecule has 3 N–H and O–H groups in total. The second kappa shape index (κ2) is 7.06. The molecule has 1 aliphatic rings. The second-order valence-electron chi connectivity index (χ2n) is 5.30. The number of fused-ring (bicyclic) bond motifs is 1. The van der Waals surface area contributed by atoms with Crippen LogP contribution in [0.3, 0.4) is 0 Å². The number of nitrogens with zero attached hydrogens (tertiary/aromatic N) is 3. The van der Waals surface area contributed by atoms with E-state index < -0.39 is 12.6 Å². The zero-order valence-corrected chi connectivity index (χ0v) is 13.6. The van der Waals surface area contributed by atoms with Crippen molar-refractivity contribution in [3.8, 4) is 5.75 Å². The molecule has 0 bridgehead atoms. The third-order valence-corrected chi connectivity index (χ3v) is 3.96. The summed E-state index contributed by atoms with van der Waals surface area (Å²) in [5.41, 5.74) is 7.35. The topological polar surface area (TPSA) is 93.4 Å². The molecule has 1 aliphatic heterocycles. The molecule has 132 valence electrons. The van der Waals surface area contributed by atoms with E-state index in [9.17, 15) is 13.6 Å². The number of hydrogen-bond donors (Lipinski definition) is 2. The van der Waals surface area contributed by atoms with Gasteiger partial charge in [0.15, 0.2) is 0 Å². The maximum Gasteiger partial charge on any atom is 0.387 e. The Morgan fingerprint density at radius 2 is 2.20 bits per heavy atom. The normalized spacial score (nSPS) is 13.5. The largest absolute Gasteiger partial charge is 0.433 e. The Bertz CT molecular complexity index is 805. The van der Waals surface area contributed by atoms with Crippen LogP contribution in [-0.4, -0.2) is 34.1 Å². The highest BCUT2D eigenvalue weighted by molar-refractivity contribution is 6.31. The van der Waals surface area contributed by atoms with Crippen LogP contribution in [0.4, 0.5) is 25.1 Å². The number of hydrogen-bond acceptors (Lipinski definition) is 5. The average Bonchev–Trinajstić information content (AvgIpc) is 2.57. The van der Waals surface area contributed by atoms with E-state index in [0.29, 0.717) is 24.3 Å². The molecule has 0 unspecified atom stereocenters. The number of benzene rings is 1. The van der Waals surface area contributed by atoms with Crippen LogP contribution in [0.5, 0.6) is 5.75 Å². The van der Waals surface area contributed by atoms with E-state index in [1.165, 1.54) is 29.4 Å². The molecule has 0 saturated heterocycles. The van der Waals surface area contributed by atoms with Crippen molar-refractivity contribution in [2.75, 3.05) is 17.6 Å². The number of nitrogens with one attached hydrogen (secondary N) is 1. The van der Waals surface area contributed by atoms with E-state index in [0.717, 1.165) is 5.69 Å². The molecule has 10 heteroatoms. The molecule has 0 saturated carbocycles. The SMILES string of the molecule is Nc1ncnc2c1CN(C(=O)Nc1cc(Cl)ccc1OC(F)F)CC2. The average molecular weight is 370 g/mol. The van der Waals surface area contributed by atoms with Gasteiger partial charge >= 0.3 is 12.6 Å². The Kier molecular flexibility index (Phi) is 4.84. The first-order valence-corrected chi connectivity index (χ1v) is 7.70. The lowest BCUT2D eigenvalue weighted by Crippen LogP contribution is -2.39. The number of carbonyl (C=O) groups is 1. The summed E-state index contributed by atoms with van der Waals surface area (Å²) >= 11 is 5.87. The molecule has 0 fully saturated rings. The molecule has 2 amide bonds. The third-order valence-electron chi connectivity index (χ3n) is 3.72. The van der Waals surface area contributed by atoms with Gasteiger partial charge in [-0.3, -0.25) is 0 Å². The molecule has 2 heterocycles. The van der Waals surface area contributed by atoms with Crippen molar-refractivity contribution in [1.29, 1.82) is 0 Å². The number of anilines is 2. The molecule has 0 radical (unpaired) electrons. The van der Waals surface area contributed by atoms with Crippen LogP contribution < -0.4 is 15.8 Å². The lowest BCUT2D eigenvalue weighted by atomic mass is 10.1.